The molecule has 0 radical (unpaired) electrons. The van der Waals surface area contributed by atoms with Crippen LogP contribution >= 0.6 is 0 Å². The van der Waals surface area contributed by atoms with Gasteiger partial charge >= 0.3 is 0 Å². The summed E-state index contributed by atoms with van der Waals surface area (Å²) in [6.45, 7) is 9.01. The lowest BCUT2D eigenvalue weighted by molar-refractivity contribution is 0.357. The molecule has 1 fully saturated rings. The van der Waals surface area contributed by atoms with Gasteiger partial charge in [0.2, 0.25) is 0 Å². The second-order valence-corrected chi connectivity index (χ2v) is 5.41. The molecule has 0 unspecified atom stereocenters. The number of anilines is 2. The van der Waals surface area contributed by atoms with Crippen LogP contribution in [0, 0.1) is 18.8 Å². The van der Waals surface area contributed by atoms with E-state index in [1.165, 1.54) is 17.7 Å². The summed E-state index contributed by atoms with van der Waals surface area (Å²) in [6, 6.07) is 6.38. The van der Waals surface area contributed by atoms with E-state index in [1.54, 1.807) is 0 Å². The van der Waals surface area contributed by atoms with E-state index in [4.69, 9.17) is 5.73 Å². The fourth-order valence-electron chi connectivity index (χ4n) is 2.82. The van der Waals surface area contributed by atoms with Crippen molar-refractivity contribution in [3.8, 4) is 0 Å². The average Bonchev–Trinajstić information content (AvgIpc) is 2.15. The molecular formula is C14H22N2. The Morgan fingerprint density at radius 3 is 2.38 bits per heavy atom. The molecule has 0 aromatic heterocycles. The number of hydrogen-bond donors (Lipinski definition) is 1. The maximum atomic E-state index is 6.10. The zero-order valence-corrected chi connectivity index (χ0v) is 10.5. The molecule has 2 atom stereocenters. The molecular weight excluding hydrogens is 196 g/mol. The van der Waals surface area contributed by atoms with Gasteiger partial charge in [0.25, 0.3) is 0 Å². The Bertz CT molecular complexity index is 363. The molecule has 0 amide bonds. The minimum atomic E-state index is 0.768. The number of aryl methyl sites for hydroxylation is 1. The molecule has 0 bridgehead atoms. The summed E-state index contributed by atoms with van der Waals surface area (Å²) in [5.41, 5.74) is 9.47. The zero-order chi connectivity index (χ0) is 11.7. The van der Waals surface area contributed by atoms with E-state index in [1.807, 2.05) is 0 Å². The molecule has 2 rings (SSSR count). The predicted octanol–water partition coefficient (Wildman–Crippen LogP) is 3.06. The van der Waals surface area contributed by atoms with Crippen LogP contribution in [0.5, 0.6) is 0 Å². The molecule has 1 saturated heterocycles. The number of piperidine rings is 1. The number of rotatable bonds is 1. The van der Waals surface area contributed by atoms with Gasteiger partial charge in [0.15, 0.2) is 0 Å². The van der Waals surface area contributed by atoms with Crippen molar-refractivity contribution in [3.63, 3.8) is 0 Å². The minimum Gasteiger partial charge on any atom is -0.397 e. The summed E-state index contributed by atoms with van der Waals surface area (Å²) in [6.07, 6.45) is 1.34. The minimum absolute atomic E-state index is 0.768. The van der Waals surface area contributed by atoms with Crippen LogP contribution in [0.4, 0.5) is 11.4 Å². The van der Waals surface area contributed by atoms with Gasteiger partial charge in [-0.1, -0.05) is 19.9 Å². The van der Waals surface area contributed by atoms with E-state index >= 15 is 0 Å². The second-order valence-electron chi connectivity index (χ2n) is 5.41. The van der Waals surface area contributed by atoms with Gasteiger partial charge in [-0.15, -0.1) is 0 Å². The van der Waals surface area contributed by atoms with Crippen molar-refractivity contribution in [2.75, 3.05) is 23.7 Å². The Labute approximate surface area is 98.4 Å². The summed E-state index contributed by atoms with van der Waals surface area (Å²) in [7, 11) is 0. The second kappa shape index (κ2) is 4.36. The third-order valence-electron chi connectivity index (χ3n) is 3.39. The van der Waals surface area contributed by atoms with Crippen LogP contribution in [0.15, 0.2) is 18.2 Å². The molecule has 1 heterocycles. The first-order valence-corrected chi connectivity index (χ1v) is 6.17. The zero-order valence-electron chi connectivity index (χ0n) is 10.5. The lowest BCUT2D eigenvalue weighted by Crippen LogP contribution is -2.39. The molecule has 2 N–H and O–H groups in total. The van der Waals surface area contributed by atoms with Gasteiger partial charge in [0.1, 0.15) is 0 Å². The SMILES string of the molecule is Cc1ccc(N2C[C@H](C)C[C@@H](C)C2)c(N)c1. The largest absolute Gasteiger partial charge is 0.397 e. The van der Waals surface area contributed by atoms with Crippen molar-refractivity contribution in [2.24, 2.45) is 11.8 Å². The van der Waals surface area contributed by atoms with Crippen LogP contribution in [0.25, 0.3) is 0 Å². The highest BCUT2D eigenvalue weighted by Crippen LogP contribution is 2.30. The highest BCUT2D eigenvalue weighted by molar-refractivity contribution is 5.68. The fraction of sp³-hybridized carbons (Fsp3) is 0.571. The first-order chi connectivity index (χ1) is 7.56. The lowest BCUT2D eigenvalue weighted by atomic mass is 9.91. The molecule has 1 aliphatic heterocycles. The quantitative estimate of drug-likeness (QED) is 0.734. The first kappa shape index (κ1) is 11.3. The molecule has 2 nitrogen and oxygen atoms in total. The number of nitrogens with two attached hydrogens (primary N) is 1. The van der Waals surface area contributed by atoms with Crippen molar-refractivity contribution >= 4 is 11.4 Å². The van der Waals surface area contributed by atoms with E-state index in [0.717, 1.165) is 30.6 Å². The van der Waals surface area contributed by atoms with E-state index in [9.17, 15) is 0 Å². The maximum absolute atomic E-state index is 6.10. The molecule has 1 aromatic carbocycles. The standard InChI is InChI=1S/C14H22N2/c1-10-4-5-14(13(15)7-10)16-8-11(2)6-12(3)9-16/h4-5,7,11-12H,6,8-9,15H2,1-3H3/t11-,12-/m1/s1. The van der Waals surface area contributed by atoms with Gasteiger partial charge in [0, 0.05) is 13.1 Å². The summed E-state index contributed by atoms with van der Waals surface area (Å²) >= 11 is 0. The van der Waals surface area contributed by atoms with Crippen LogP contribution < -0.4 is 10.6 Å². The normalized spacial score (nSPS) is 25.8. The predicted molar refractivity (Wildman–Crippen MR) is 70.7 cm³/mol. The molecule has 0 spiro atoms. The van der Waals surface area contributed by atoms with Crippen molar-refractivity contribution in [1.29, 1.82) is 0 Å². The fourth-order valence-corrected chi connectivity index (χ4v) is 2.82. The van der Waals surface area contributed by atoms with Crippen LogP contribution in [0.1, 0.15) is 25.8 Å². The highest BCUT2D eigenvalue weighted by atomic mass is 15.1. The Balaban J connectivity index is 2.23. The van der Waals surface area contributed by atoms with Crippen molar-refractivity contribution in [1.82, 2.24) is 0 Å². The summed E-state index contributed by atoms with van der Waals surface area (Å²) in [5, 5.41) is 0. The third-order valence-corrected chi connectivity index (χ3v) is 3.39. The Kier molecular flexibility index (Phi) is 3.08. The van der Waals surface area contributed by atoms with E-state index < -0.39 is 0 Å². The number of benzene rings is 1. The molecule has 2 heteroatoms. The van der Waals surface area contributed by atoms with Crippen molar-refractivity contribution < 1.29 is 0 Å². The maximum Gasteiger partial charge on any atom is 0.0600 e. The van der Waals surface area contributed by atoms with Crippen LogP contribution in [-0.2, 0) is 0 Å². The molecule has 1 aromatic rings. The van der Waals surface area contributed by atoms with Crippen LogP contribution in [-0.4, -0.2) is 13.1 Å². The number of nitrogens with zero attached hydrogens (tertiary/aromatic N) is 1. The van der Waals surface area contributed by atoms with E-state index in [-0.39, 0.29) is 0 Å². The summed E-state index contributed by atoms with van der Waals surface area (Å²) < 4.78 is 0. The van der Waals surface area contributed by atoms with Gasteiger partial charge in [-0.2, -0.15) is 0 Å². The molecule has 16 heavy (non-hydrogen) atoms. The van der Waals surface area contributed by atoms with Gasteiger partial charge in [-0.05, 0) is 42.9 Å². The van der Waals surface area contributed by atoms with Gasteiger partial charge in [-0.25, -0.2) is 0 Å². The Hall–Kier alpha value is -1.18. The van der Waals surface area contributed by atoms with Crippen molar-refractivity contribution in [3.05, 3.63) is 23.8 Å². The topological polar surface area (TPSA) is 29.3 Å². The van der Waals surface area contributed by atoms with Crippen molar-refractivity contribution in [2.45, 2.75) is 27.2 Å². The summed E-state index contributed by atoms with van der Waals surface area (Å²) in [5.74, 6) is 1.54. The van der Waals surface area contributed by atoms with Gasteiger partial charge < -0.3 is 10.6 Å². The Morgan fingerprint density at radius 2 is 1.81 bits per heavy atom. The number of nitrogen functional groups attached to an aromatic ring is 1. The molecule has 1 aliphatic rings. The van der Waals surface area contributed by atoms with Crippen LogP contribution in [0.2, 0.25) is 0 Å². The third kappa shape index (κ3) is 2.31. The molecule has 0 saturated carbocycles. The average molecular weight is 218 g/mol. The number of hydrogen-bond acceptors (Lipinski definition) is 2. The van der Waals surface area contributed by atoms with E-state index in [2.05, 4.69) is 43.9 Å². The highest BCUT2D eigenvalue weighted by Gasteiger charge is 2.22. The van der Waals surface area contributed by atoms with Crippen LogP contribution in [0.3, 0.4) is 0 Å². The Morgan fingerprint density at radius 1 is 1.19 bits per heavy atom. The molecule has 0 aliphatic carbocycles. The van der Waals surface area contributed by atoms with Gasteiger partial charge in [-0.3, -0.25) is 0 Å². The monoisotopic (exact) mass is 218 g/mol. The molecule has 88 valence electrons. The lowest BCUT2D eigenvalue weighted by Gasteiger charge is -2.37. The smallest absolute Gasteiger partial charge is 0.0600 e. The van der Waals surface area contributed by atoms with E-state index in [0.29, 0.717) is 0 Å². The van der Waals surface area contributed by atoms with Gasteiger partial charge in [0.05, 0.1) is 11.4 Å². The first-order valence-electron chi connectivity index (χ1n) is 6.17. The summed E-state index contributed by atoms with van der Waals surface area (Å²) in [4.78, 5) is 2.44.